The second kappa shape index (κ2) is 14.6. The number of carbonyl (C=O) groups is 1. The van der Waals surface area contributed by atoms with Crippen LogP contribution >= 0.6 is 0 Å². The van der Waals surface area contributed by atoms with Crippen LogP contribution in [0.5, 0.6) is 0 Å². The molecule has 4 atom stereocenters. The minimum absolute atomic E-state index is 0.0000809. The Morgan fingerprint density at radius 3 is 2.33 bits per heavy atom. The number of likely N-dealkylation sites (N-methyl/N-ethyl adjacent to an activating group) is 1. The van der Waals surface area contributed by atoms with E-state index in [4.69, 9.17) is 9.47 Å². The van der Waals surface area contributed by atoms with Gasteiger partial charge in [-0.25, -0.2) is 4.98 Å². The first-order valence-corrected chi connectivity index (χ1v) is 16.7. The van der Waals surface area contributed by atoms with Gasteiger partial charge in [-0.05, 0) is 65.2 Å². The van der Waals surface area contributed by atoms with Crippen molar-refractivity contribution in [3.8, 4) is 0 Å². The van der Waals surface area contributed by atoms with Gasteiger partial charge in [-0.2, -0.15) is 0 Å². The van der Waals surface area contributed by atoms with E-state index in [1.807, 2.05) is 72.8 Å². The van der Waals surface area contributed by atoms with Gasteiger partial charge < -0.3 is 19.9 Å². The van der Waals surface area contributed by atoms with E-state index < -0.39 is 6.29 Å². The summed E-state index contributed by atoms with van der Waals surface area (Å²) in [6.07, 6.45) is 1.37. The maximum absolute atomic E-state index is 12.8. The summed E-state index contributed by atoms with van der Waals surface area (Å²) in [4.78, 5) is 24.0. The van der Waals surface area contributed by atoms with Crippen LogP contribution in [-0.4, -0.2) is 45.6 Å². The molecule has 0 aliphatic carbocycles. The van der Waals surface area contributed by atoms with Gasteiger partial charge in [-0.15, -0.1) is 0 Å². The molecule has 1 amide bonds. The quantitative estimate of drug-likeness (QED) is 0.159. The van der Waals surface area contributed by atoms with Crippen molar-refractivity contribution in [2.75, 3.05) is 13.6 Å². The molecule has 6 aromatic rings. The van der Waals surface area contributed by atoms with Gasteiger partial charge in [-0.3, -0.25) is 14.7 Å². The molecule has 0 unspecified atom stereocenters. The molecule has 0 bridgehead atoms. The maximum atomic E-state index is 12.8. The second-order valence-corrected chi connectivity index (χ2v) is 12.7. The van der Waals surface area contributed by atoms with Crippen LogP contribution in [0.3, 0.4) is 0 Å². The molecular formula is C41H40N4O4. The molecule has 8 heteroatoms. The Bertz CT molecular complexity index is 2050. The Kier molecular flexibility index (Phi) is 9.72. The maximum Gasteiger partial charge on any atom is 0.271 e. The van der Waals surface area contributed by atoms with Crippen LogP contribution in [0, 0.1) is 0 Å². The smallest absolute Gasteiger partial charge is 0.271 e. The van der Waals surface area contributed by atoms with Gasteiger partial charge >= 0.3 is 0 Å². The second-order valence-electron chi connectivity index (χ2n) is 12.7. The molecule has 2 heterocycles. The Hall–Kier alpha value is -4.99. The highest BCUT2D eigenvalue weighted by atomic mass is 16.7. The molecule has 5 aromatic carbocycles. The monoisotopic (exact) mass is 652 g/mol. The van der Waals surface area contributed by atoms with Crippen molar-refractivity contribution in [3.05, 3.63) is 155 Å². The van der Waals surface area contributed by atoms with Crippen LogP contribution in [-0.2, 0) is 22.6 Å². The fourth-order valence-corrected chi connectivity index (χ4v) is 6.37. The molecule has 0 saturated carbocycles. The van der Waals surface area contributed by atoms with E-state index in [9.17, 15) is 9.90 Å². The zero-order chi connectivity index (χ0) is 33.7. The number of para-hydroxylation sites is 2. The average Bonchev–Trinajstić information content (AvgIpc) is 3.16. The number of hydrogen-bond acceptors (Lipinski definition) is 7. The van der Waals surface area contributed by atoms with Gasteiger partial charge in [-0.1, -0.05) is 97.1 Å². The first-order chi connectivity index (χ1) is 23.9. The van der Waals surface area contributed by atoms with Crippen molar-refractivity contribution in [1.29, 1.82) is 0 Å². The van der Waals surface area contributed by atoms with Gasteiger partial charge in [0.1, 0.15) is 5.69 Å². The van der Waals surface area contributed by atoms with E-state index in [1.165, 1.54) is 22.5 Å². The molecule has 49 heavy (non-hydrogen) atoms. The first-order valence-electron chi connectivity index (χ1n) is 16.7. The number of aromatic nitrogens is 2. The van der Waals surface area contributed by atoms with Crippen molar-refractivity contribution in [3.63, 3.8) is 0 Å². The molecule has 2 N–H and O–H groups in total. The average molecular weight is 653 g/mol. The Morgan fingerprint density at radius 2 is 1.55 bits per heavy atom. The molecule has 1 aromatic heterocycles. The fourth-order valence-electron chi connectivity index (χ4n) is 6.37. The van der Waals surface area contributed by atoms with E-state index in [0.29, 0.717) is 18.5 Å². The molecule has 7 rings (SSSR count). The first kappa shape index (κ1) is 32.6. The third-order valence-corrected chi connectivity index (χ3v) is 9.41. The number of ether oxygens (including phenoxy) is 2. The Balaban J connectivity index is 1.04. The van der Waals surface area contributed by atoms with Crippen LogP contribution in [0.25, 0.3) is 21.8 Å². The summed E-state index contributed by atoms with van der Waals surface area (Å²) in [6, 6.07) is 38.7. The zero-order valence-electron chi connectivity index (χ0n) is 27.7. The molecule has 1 aliphatic heterocycles. The van der Waals surface area contributed by atoms with E-state index >= 15 is 0 Å². The number of nitrogens with zero attached hydrogens (tertiary/aromatic N) is 3. The summed E-state index contributed by atoms with van der Waals surface area (Å²) in [7, 11) is 2.14. The molecule has 0 spiro atoms. The van der Waals surface area contributed by atoms with Crippen molar-refractivity contribution in [1.82, 2.24) is 20.2 Å². The fraction of sp³-hybridized carbons (Fsp3) is 0.244. The van der Waals surface area contributed by atoms with Crippen molar-refractivity contribution in [2.45, 2.75) is 51.0 Å². The highest BCUT2D eigenvalue weighted by Gasteiger charge is 2.33. The van der Waals surface area contributed by atoms with Gasteiger partial charge in [0, 0.05) is 31.1 Å². The Labute approximate surface area is 286 Å². The number of hydrogen-bond donors (Lipinski definition) is 2. The lowest BCUT2D eigenvalue weighted by Crippen LogP contribution is -2.38. The van der Waals surface area contributed by atoms with Crippen LogP contribution in [0.15, 0.2) is 121 Å². The van der Waals surface area contributed by atoms with Crippen LogP contribution < -0.4 is 5.32 Å². The van der Waals surface area contributed by atoms with Crippen LogP contribution in [0.4, 0.5) is 0 Å². The zero-order valence-corrected chi connectivity index (χ0v) is 27.7. The van der Waals surface area contributed by atoms with Gasteiger partial charge in [0.25, 0.3) is 5.91 Å². The number of amides is 1. The number of aliphatic hydroxyl groups is 1. The van der Waals surface area contributed by atoms with E-state index in [0.717, 1.165) is 34.3 Å². The lowest BCUT2D eigenvalue weighted by molar-refractivity contribution is -0.253. The summed E-state index contributed by atoms with van der Waals surface area (Å²) < 4.78 is 13.2. The topological polar surface area (TPSA) is 96.8 Å². The predicted molar refractivity (Wildman–Crippen MR) is 191 cm³/mol. The molecule has 0 radical (unpaired) electrons. The number of nitrogens with one attached hydrogen (secondary N) is 1. The van der Waals surface area contributed by atoms with E-state index in [-0.39, 0.29) is 36.5 Å². The molecule has 1 saturated heterocycles. The molecular weight excluding hydrogens is 612 g/mol. The van der Waals surface area contributed by atoms with Gasteiger partial charge in [0.05, 0.1) is 36.0 Å². The summed E-state index contributed by atoms with van der Waals surface area (Å²) in [6.45, 7) is 3.30. The number of rotatable bonds is 10. The number of aliphatic hydroxyl groups excluding tert-OH is 1. The summed E-state index contributed by atoms with van der Waals surface area (Å²) >= 11 is 0. The van der Waals surface area contributed by atoms with Crippen molar-refractivity contribution < 1.29 is 19.4 Å². The summed E-state index contributed by atoms with van der Waals surface area (Å²) in [5.74, 6) is -0.277. The lowest BCUT2D eigenvalue weighted by Gasteiger charge is -2.39. The van der Waals surface area contributed by atoms with Crippen LogP contribution in [0.2, 0.25) is 0 Å². The SMILES string of the molecule is C[C@H](c1ccc2ccccc2c1)N(C)C[C@H]1C[C@@H](c2ccc(CO)cc2)O[C@@H](c2ccc(CNC(=O)c3cnc4ccccc4n3)cc2)O1. The number of fused-ring (bicyclic) bond motifs is 2. The highest BCUT2D eigenvalue weighted by Crippen LogP contribution is 2.39. The minimum atomic E-state index is -0.567. The van der Waals surface area contributed by atoms with Gasteiger partial charge in [0.15, 0.2) is 6.29 Å². The third kappa shape index (κ3) is 7.53. The van der Waals surface area contributed by atoms with Crippen LogP contribution in [0.1, 0.15) is 70.1 Å². The molecule has 1 aliphatic rings. The van der Waals surface area contributed by atoms with E-state index in [2.05, 4.69) is 76.6 Å². The standard InChI is InChI=1S/C41H40N4O4/c1-27(33-20-19-30-7-3-4-8-34(30)21-33)45(2)25-35-22-39(31-15-13-29(26-46)14-16-31)49-41(48-35)32-17-11-28(12-18-32)23-43-40(47)38-24-42-36-9-5-6-10-37(36)44-38/h3-21,24,27,35,39,41,46H,22-23,25-26H2,1-2H3,(H,43,47)/t27-,35-,39+,41+/m1/s1. The number of carbonyl (C=O) groups excluding carboxylic acids is 1. The summed E-state index contributed by atoms with van der Waals surface area (Å²) in [5.41, 5.74) is 6.74. The Morgan fingerprint density at radius 1 is 0.857 bits per heavy atom. The largest absolute Gasteiger partial charge is 0.392 e. The predicted octanol–water partition coefficient (Wildman–Crippen LogP) is 7.44. The minimum Gasteiger partial charge on any atom is -0.392 e. The van der Waals surface area contributed by atoms with E-state index in [1.54, 1.807) is 0 Å². The number of benzene rings is 5. The summed E-state index contributed by atoms with van der Waals surface area (Å²) in [5, 5.41) is 15.0. The van der Waals surface area contributed by atoms with Gasteiger partial charge in [0.2, 0.25) is 0 Å². The highest BCUT2D eigenvalue weighted by molar-refractivity contribution is 5.93. The van der Waals surface area contributed by atoms with Crippen molar-refractivity contribution >= 4 is 27.7 Å². The molecule has 248 valence electrons. The van der Waals surface area contributed by atoms with Crippen molar-refractivity contribution in [2.24, 2.45) is 0 Å². The molecule has 8 nitrogen and oxygen atoms in total. The molecule has 1 fully saturated rings. The third-order valence-electron chi connectivity index (χ3n) is 9.41. The normalized spacial score (nSPS) is 18.5. The lowest BCUT2D eigenvalue weighted by atomic mass is 9.98.